The van der Waals surface area contributed by atoms with Crippen LogP contribution < -0.4 is 4.74 Å². The zero-order valence-corrected chi connectivity index (χ0v) is 12.8. The van der Waals surface area contributed by atoms with Gasteiger partial charge in [0.15, 0.2) is 5.69 Å². The van der Waals surface area contributed by atoms with Gasteiger partial charge in [-0.1, -0.05) is 0 Å². The number of fused-ring (bicyclic) bond motifs is 1. The van der Waals surface area contributed by atoms with E-state index in [-0.39, 0.29) is 17.8 Å². The molecule has 120 valence electrons. The minimum atomic E-state index is -0.230. The van der Waals surface area contributed by atoms with Crippen molar-refractivity contribution in [2.75, 3.05) is 26.3 Å². The van der Waals surface area contributed by atoms with Crippen molar-refractivity contribution in [2.45, 2.75) is 32.7 Å². The highest BCUT2D eigenvalue weighted by Crippen LogP contribution is 2.23. The molecule has 0 saturated carbocycles. The second-order valence-corrected chi connectivity index (χ2v) is 5.64. The number of hydrogen-bond donors (Lipinski definition) is 0. The molecule has 7 heteroatoms. The normalized spacial score (nSPS) is 21.0. The van der Waals surface area contributed by atoms with E-state index >= 15 is 0 Å². The number of piperidine rings is 1. The molecular formula is C15H21N3O4. The molecule has 1 unspecified atom stereocenters. The first-order valence-electron chi connectivity index (χ1n) is 7.85. The van der Waals surface area contributed by atoms with Crippen molar-refractivity contribution in [1.29, 1.82) is 0 Å². The molecule has 1 saturated heterocycles. The summed E-state index contributed by atoms with van der Waals surface area (Å²) in [6.07, 6.45) is 2.47. The molecule has 0 N–H and O–H groups in total. The van der Waals surface area contributed by atoms with Crippen LogP contribution in [0.25, 0.3) is 0 Å². The van der Waals surface area contributed by atoms with Gasteiger partial charge in [0.25, 0.3) is 5.91 Å². The fourth-order valence-corrected chi connectivity index (χ4v) is 2.95. The fourth-order valence-electron chi connectivity index (χ4n) is 2.95. The molecule has 1 fully saturated rings. The van der Waals surface area contributed by atoms with Crippen LogP contribution in [-0.2, 0) is 16.1 Å². The number of aromatic nitrogens is 2. The van der Waals surface area contributed by atoms with Gasteiger partial charge in [0, 0.05) is 32.1 Å². The average Bonchev–Trinajstić information content (AvgIpc) is 2.98. The highest BCUT2D eigenvalue weighted by molar-refractivity contribution is 5.93. The van der Waals surface area contributed by atoms with E-state index in [0.29, 0.717) is 37.9 Å². The predicted molar refractivity (Wildman–Crippen MR) is 77.6 cm³/mol. The molecule has 1 aromatic rings. The van der Waals surface area contributed by atoms with Gasteiger partial charge >= 0.3 is 5.97 Å². The topological polar surface area (TPSA) is 73.7 Å². The van der Waals surface area contributed by atoms with E-state index < -0.39 is 0 Å². The molecule has 22 heavy (non-hydrogen) atoms. The summed E-state index contributed by atoms with van der Waals surface area (Å²) in [4.78, 5) is 26.1. The van der Waals surface area contributed by atoms with Crippen LogP contribution in [0, 0.1) is 5.92 Å². The number of amides is 1. The number of likely N-dealkylation sites (tertiary alicyclic amines) is 1. The van der Waals surface area contributed by atoms with E-state index in [1.54, 1.807) is 22.6 Å². The van der Waals surface area contributed by atoms with Crippen LogP contribution in [0.5, 0.6) is 5.88 Å². The van der Waals surface area contributed by atoms with Crippen molar-refractivity contribution in [2.24, 2.45) is 5.92 Å². The van der Waals surface area contributed by atoms with E-state index in [4.69, 9.17) is 9.47 Å². The lowest BCUT2D eigenvalue weighted by atomic mass is 9.98. The number of aryl methyl sites for hydroxylation is 1. The summed E-state index contributed by atoms with van der Waals surface area (Å²) < 4.78 is 12.3. The highest BCUT2D eigenvalue weighted by atomic mass is 16.5. The quantitative estimate of drug-likeness (QED) is 0.781. The summed E-state index contributed by atoms with van der Waals surface area (Å²) >= 11 is 0. The summed E-state index contributed by atoms with van der Waals surface area (Å²) in [7, 11) is 0. The van der Waals surface area contributed by atoms with Crippen molar-refractivity contribution in [3.05, 3.63) is 11.8 Å². The van der Waals surface area contributed by atoms with E-state index in [1.807, 2.05) is 0 Å². The Morgan fingerprint density at radius 2 is 2.27 bits per heavy atom. The van der Waals surface area contributed by atoms with Gasteiger partial charge in [-0.15, -0.1) is 0 Å². The minimum absolute atomic E-state index is 0.139. The van der Waals surface area contributed by atoms with Crippen molar-refractivity contribution in [3.8, 4) is 5.88 Å². The lowest BCUT2D eigenvalue weighted by molar-refractivity contribution is -0.149. The molecule has 1 amide bonds. The smallest absolute Gasteiger partial charge is 0.310 e. The van der Waals surface area contributed by atoms with Gasteiger partial charge in [-0.05, 0) is 19.8 Å². The molecule has 0 spiro atoms. The third kappa shape index (κ3) is 2.93. The SMILES string of the molecule is CCOC(=O)C1CCCN(C(=O)c2cc3n(n2)CCCO3)C1. The van der Waals surface area contributed by atoms with Gasteiger partial charge in [-0.3, -0.25) is 9.59 Å². The summed E-state index contributed by atoms with van der Waals surface area (Å²) in [6.45, 7) is 4.65. The maximum atomic E-state index is 12.6. The second kappa shape index (κ2) is 6.37. The monoisotopic (exact) mass is 307 g/mol. The Kier molecular flexibility index (Phi) is 4.31. The van der Waals surface area contributed by atoms with Crippen LogP contribution in [0.3, 0.4) is 0 Å². The molecule has 3 heterocycles. The number of nitrogens with zero attached hydrogens (tertiary/aromatic N) is 3. The second-order valence-electron chi connectivity index (χ2n) is 5.64. The minimum Gasteiger partial charge on any atom is -0.478 e. The Morgan fingerprint density at radius 3 is 3.05 bits per heavy atom. The zero-order chi connectivity index (χ0) is 15.5. The van der Waals surface area contributed by atoms with Gasteiger partial charge < -0.3 is 14.4 Å². The lowest BCUT2D eigenvalue weighted by Crippen LogP contribution is -2.43. The van der Waals surface area contributed by atoms with Gasteiger partial charge in [0.2, 0.25) is 5.88 Å². The summed E-state index contributed by atoms with van der Waals surface area (Å²) in [5.41, 5.74) is 0.390. The number of ether oxygens (including phenoxy) is 2. The van der Waals surface area contributed by atoms with Crippen LogP contribution in [0.15, 0.2) is 6.07 Å². The maximum absolute atomic E-state index is 12.6. The van der Waals surface area contributed by atoms with Crippen molar-refractivity contribution in [1.82, 2.24) is 14.7 Å². The Morgan fingerprint density at radius 1 is 1.41 bits per heavy atom. The molecule has 2 aliphatic heterocycles. The Labute approximate surface area is 129 Å². The summed E-state index contributed by atoms with van der Waals surface area (Å²) in [5, 5.41) is 4.32. The van der Waals surface area contributed by atoms with Crippen LogP contribution >= 0.6 is 0 Å². The number of esters is 1. The largest absolute Gasteiger partial charge is 0.478 e. The molecule has 7 nitrogen and oxygen atoms in total. The van der Waals surface area contributed by atoms with Crippen molar-refractivity contribution in [3.63, 3.8) is 0 Å². The zero-order valence-electron chi connectivity index (χ0n) is 12.8. The van der Waals surface area contributed by atoms with Gasteiger partial charge in [-0.2, -0.15) is 5.10 Å². The molecule has 1 aromatic heterocycles. The van der Waals surface area contributed by atoms with Gasteiger partial charge in [-0.25, -0.2) is 4.68 Å². The Balaban J connectivity index is 1.69. The Hall–Kier alpha value is -2.05. The van der Waals surface area contributed by atoms with Crippen molar-refractivity contribution >= 4 is 11.9 Å². The van der Waals surface area contributed by atoms with Crippen LogP contribution in [0.4, 0.5) is 0 Å². The number of carbonyl (C=O) groups excluding carboxylic acids is 2. The lowest BCUT2D eigenvalue weighted by Gasteiger charge is -2.31. The summed E-state index contributed by atoms with van der Waals surface area (Å²) in [6, 6.07) is 1.69. The fraction of sp³-hybridized carbons (Fsp3) is 0.667. The van der Waals surface area contributed by atoms with Crippen LogP contribution in [0.1, 0.15) is 36.7 Å². The first-order valence-corrected chi connectivity index (χ1v) is 7.85. The third-order valence-electron chi connectivity index (χ3n) is 4.05. The average molecular weight is 307 g/mol. The standard InChI is InChI=1S/C15H21N3O4/c1-2-21-15(20)11-5-3-6-17(10-11)14(19)12-9-13-18(16-12)7-4-8-22-13/h9,11H,2-8,10H2,1H3. The van der Waals surface area contributed by atoms with E-state index in [2.05, 4.69) is 5.10 Å². The molecule has 1 atom stereocenters. The van der Waals surface area contributed by atoms with Gasteiger partial charge in [0.05, 0.1) is 19.1 Å². The number of rotatable bonds is 3. The van der Waals surface area contributed by atoms with E-state index in [9.17, 15) is 9.59 Å². The molecule has 0 aliphatic carbocycles. The summed E-state index contributed by atoms with van der Waals surface area (Å²) in [5.74, 6) is 0.0617. The van der Waals surface area contributed by atoms with Gasteiger partial charge in [0.1, 0.15) is 0 Å². The van der Waals surface area contributed by atoms with Crippen LogP contribution in [0.2, 0.25) is 0 Å². The molecule has 0 bridgehead atoms. The van der Waals surface area contributed by atoms with Crippen LogP contribution in [-0.4, -0.2) is 52.9 Å². The molecule has 0 radical (unpaired) electrons. The number of carbonyl (C=O) groups is 2. The molecule has 0 aromatic carbocycles. The third-order valence-corrected chi connectivity index (χ3v) is 4.05. The highest BCUT2D eigenvalue weighted by Gasteiger charge is 2.31. The number of hydrogen-bond acceptors (Lipinski definition) is 5. The molecule has 3 rings (SSSR count). The maximum Gasteiger partial charge on any atom is 0.310 e. The van der Waals surface area contributed by atoms with E-state index in [0.717, 1.165) is 25.8 Å². The first-order chi connectivity index (χ1) is 10.7. The molecular weight excluding hydrogens is 286 g/mol. The van der Waals surface area contributed by atoms with E-state index in [1.165, 1.54) is 0 Å². The van der Waals surface area contributed by atoms with Crippen molar-refractivity contribution < 1.29 is 19.1 Å². The Bertz CT molecular complexity index is 546. The first kappa shape index (κ1) is 14.9. The predicted octanol–water partition coefficient (Wildman–Crippen LogP) is 1.08. The molecule has 2 aliphatic rings.